The van der Waals surface area contributed by atoms with E-state index in [0.29, 0.717) is 17.1 Å². The van der Waals surface area contributed by atoms with Crippen LogP contribution in [-0.4, -0.2) is 24.5 Å². The standard InChI is InChI=1S/C18H22ClNO3/c1-13(23-18(22)15-7-9-16(19)10-8-15)17(21)20-12-11-14-5-3-2-4-6-14/h5,7-10,13H,2-4,6,11-12H2,1H3,(H,20,21)/t13-/m0/s1. The number of rotatable bonds is 6. The van der Waals surface area contributed by atoms with Crippen molar-refractivity contribution in [3.05, 3.63) is 46.5 Å². The number of hydrogen-bond donors (Lipinski definition) is 1. The van der Waals surface area contributed by atoms with Gasteiger partial charge in [-0.3, -0.25) is 4.79 Å². The number of carbonyl (C=O) groups is 2. The normalized spacial score (nSPS) is 15.5. The van der Waals surface area contributed by atoms with Gasteiger partial charge in [0.2, 0.25) is 0 Å². The molecule has 1 aromatic carbocycles. The average molecular weight is 336 g/mol. The lowest BCUT2D eigenvalue weighted by Crippen LogP contribution is -2.36. The summed E-state index contributed by atoms with van der Waals surface area (Å²) in [5, 5.41) is 3.36. The summed E-state index contributed by atoms with van der Waals surface area (Å²) in [5.41, 5.74) is 1.78. The van der Waals surface area contributed by atoms with Crippen LogP contribution in [0, 0.1) is 0 Å². The molecule has 1 atom stereocenters. The molecule has 23 heavy (non-hydrogen) atoms. The van der Waals surface area contributed by atoms with E-state index < -0.39 is 12.1 Å². The first-order valence-corrected chi connectivity index (χ1v) is 8.36. The molecule has 1 N–H and O–H groups in total. The Morgan fingerprint density at radius 1 is 1.26 bits per heavy atom. The molecular formula is C18H22ClNO3. The summed E-state index contributed by atoms with van der Waals surface area (Å²) in [7, 11) is 0. The number of allylic oxidation sites excluding steroid dienone is 1. The van der Waals surface area contributed by atoms with Crippen LogP contribution in [0.25, 0.3) is 0 Å². The van der Waals surface area contributed by atoms with E-state index in [1.165, 1.54) is 18.4 Å². The number of nitrogens with one attached hydrogen (secondary N) is 1. The Morgan fingerprint density at radius 3 is 2.65 bits per heavy atom. The summed E-state index contributed by atoms with van der Waals surface area (Å²) >= 11 is 5.77. The first-order valence-electron chi connectivity index (χ1n) is 7.98. The van der Waals surface area contributed by atoms with Crippen LogP contribution < -0.4 is 5.32 Å². The van der Waals surface area contributed by atoms with Crippen molar-refractivity contribution in [3.63, 3.8) is 0 Å². The van der Waals surface area contributed by atoms with E-state index in [-0.39, 0.29) is 5.91 Å². The zero-order valence-corrected chi connectivity index (χ0v) is 14.1. The number of halogens is 1. The number of benzene rings is 1. The van der Waals surface area contributed by atoms with Gasteiger partial charge >= 0.3 is 5.97 Å². The van der Waals surface area contributed by atoms with Crippen LogP contribution in [0.2, 0.25) is 5.02 Å². The predicted molar refractivity (Wildman–Crippen MR) is 90.5 cm³/mol. The second-order valence-corrected chi connectivity index (χ2v) is 6.14. The summed E-state index contributed by atoms with van der Waals surface area (Å²) in [6, 6.07) is 6.37. The molecule has 1 aliphatic carbocycles. The highest BCUT2D eigenvalue weighted by molar-refractivity contribution is 6.30. The van der Waals surface area contributed by atoms with Gasteiger partial charge in [0.25, 0.3) is 5.91 Å². The van der Waals surface area contributed by atoms with Gasteiger partial charge in [-0.25, -0.2) is 4.79 Å². The van der Waals surface area contributed by atoms with Crippen molar-refractivity contribution in [1.82, 2.24) is 5.32 Å². The number of amides is 1. The van der Waals surface area contributed by atoms with Gasteiger partial charge in [0, 0.05) is 11.6 Å². The van der Waals surface area contributed by atoms with Crippen molar-refractivity contribution >= 4 is 23.5 Å². The summed E-state index contributed by atoms with van der Waals surface area (Å²) in [6.45, 7) is 2.15. The first-order chi connectivity index (χ1) is 11.1. The molecule has 1 aliphatic rings. The van der Waals surface area contributed by atoms with Crippen LogP contribution in [0.15, 0.2) is 35.9 Å². The molecule has 1 aromatic rings. The average Bonchev–Trinajstić information content (AvgIpc) is 2.56. The van der Waals surface area contributed by atoms with Gasteiger partial charge in [-0.05, 0) is 63.3 Å². The van der Waals surface area contributed by atoms with Gasteiger partial charge in [0.1, 0.15) is 0 Å². The van der Waals surface area contributed by atoms with Crippen LogP contribution >= 0.6 is 11.6 Å². The van der Waals surface area contributed by atoms with Crippen molar-refractivity contribution in [3.8, 4) is 0 Å². The maximum absolute atomic E-state index is 12.0. The minimum atomic E-state index is -0.821. The van der Waals surface area contributed by atoms with E-state index in [4.69, 9.17) is 16.3 Å². The predicted octanol–water partition coefficient (Wildman–Crippen LogP) is 3.89. The molecule has 5 heteroatoms. The second kappa shape index (κ2) is 8.73. The monoisotopic (exact) mass is 335 g/mol. The molecule has 0 fully saturated rings. The molecule has 124 valence electrons. The fourth-order valence-corrected chi connectivity index (χ4v) is 2.62. The fourth-order valence-electron chi connectivity index (χ4n) is 2.49. The van der Waals surface area contributed by atoms with Gasteiger partial charge in [-0.2, -0.15) is 0 Å². The van der Waals surface area contributed by atoms with Gasteiger partial charge in [-0.15, -0.1) is 0 Å². The summed E-state index contributed by atoms with van der Waals surface area (Å²) < 4.78 is 5.17. The summed E-state index contributed by atoms with van der Waals surface area (Å²) in [5.74, 6) is -0.803. The van der Waals surface area contributed by atoms with Crippen molar-refractivity contribution in [2.75, 3.05) is 6.54 Å². The SMILES string of the molecule is C[C@H](OC(=O)c1ccc(Cl)cc1)C(=O)NCCC1=CCCCC1. The van der Waals surface area contributed by atoms with Crippen molar-refractivity contribution in [2.45, 2.75) is 45.1 Å². The van der Waals surface area contributed by atoms with Crippen LogP contribution in [0.3, 0.4) is 0 Å². The Hall–Kier alpha value is -1.81. The third kappa shape index (κ3) is 5.71. The maximum atomic E-state index is 12.0. The summed E-state index contributed by atoms with van der Waals surface area (Å²) in [6.07, 6.45) is 7.06. The number of hydrogen-bond acceptors (Lipinski definition) is 3. The van der Waals surface area contributed by atoms with Crippen molar-refractivity contribution < 1.29 is 14.3 Å². The third-order valence-electron chi connectivity index (χ3n) is 3.86. The maximum Gasteiger partial charge on any atom is 0.338 e. The lowest BCUT2D eigenvalue weighted by Gasteiger charge is -2.15. The van der Waals surface area contributed by atoms with Crippen molar-refractivity contribution in [1.29, 1.82) is 0 Å². The minimum absolute atomic E-state index is 0.274. The topological polar surface area (TPSA) is 55.4 Å². The van der Waals surface area contributed by atoms with Crippen molar-refractivity contribution in [2.24, 2.45) is 0 Å². The lowest BCUT2D eigenvalue weighted by molar-refractivity contribution is -0.129. The molecule has 0 saturated heterocycles. The zero-order chi connectivity index (χ0) is 16.7. The molecule has 0 heterocycles. The largest absolute Gasteiger partial charge is 0.449 e. The Labute approximate surface area is 141 Å². The third-order valence-corrected chi connectivity index (χ3v) is 4.12. The van der Waals surface area contributed by atoms with E-state index in [1.807, 2.05) is 0 Å². The lowest BCUT2D eigenvalue weighted by atomic mass is 9.97. The van der Waals surface area contributed by atoms with E-state index in [1.54, 1.807) is 31.2 Å². The molecule has 0 unspecified atom stereocenters. The Kier molecular flexibility index (Phi) is 6.66. The molecule has 4 nitrogen and oxygen atoms in total. The molecule has 0 spiro atoms. The molecule has 0 bridgehead atoms. The van der Waals surface area contributed by atoms with E-state index in [2.05, 4.69) is 11.4 Å². The van der Waals surface area contributed by atoms with E-state index >= 15 is 0 Å². The van der Waals surface area contributed by atoms with Crippen LogP contribution in [0.5, 0.6) is 0 Å². The summed E-state index contributed by atoms with van der Waals surface area (Å²) in [4.78, 5) is 23.9. The Bertz CT molecular complexity index is 580. The van der Waals surface area contributed by atoms with Crippen LogP contribution in [0.1, 0.15) is 49.4 Å². The molecule has 2 rings (SSSR count). The number of ether oxygens (including phenoxy) is 1. The van der Waals surface area contributed by atoms with Gasteiger partial charge in [0.05, 0.1) is 5.56 Å². The Morgan fingerprint density at radius 2 is 2.00 bits per heavy atom. The smallest absolute Gasteiger partial charge is 0.338 e. The molecular weight excluding hydrogens is 314 g/mol. The quantitative estimate of drug-likeness (QED) is 0.633. The molecule has 1 amide bonds. The molecule has 0 saturated carbocycles. The molecule has 0 aromatic heterocycles. The first kappa shape index (κ1) is 17.5. The molecule has 0 radical (unpaired) electrons. The van der Waals surface area contributed by atoms with Crippen LogP contribution in [0.4, 0.5) is 0 Å². The zero-order valence-electron chi connectivity index (χ0n) is 13.3. The van der Waals surface area contributed by atoms with E-state index in [9.17, 15) is 9.59 Å². The van der Waals surface area contributed by atoms with Gasteiger partial charge in [-0.1, -0.05) is 23.3 Å². The van der Waals surface area contributed by atoms with Gasteiger partial charge < -0.3 is 10.1 Å². The van der Waals surface area contributed by atoms with E-state index in [0.717, 1.165) is 19.3 Å². The molecule has 0 aliphatic heterocycles. The van der Waals surface area contributed by atoms with Gasteiger partial charge in [0.15, 0.2) is 6.10 Å². The highest BCUT2D eigenvalue weighted by Crippen LogP contribution is 2.19. The minimum Gasteiger partial charge on any atom is -0.449 e. The second-order valence-electron chi connectivity index (χ2n) is 5.70. The fraction of sp³-hybridized carbons (Fsp3) is 0.444. The number of esters is 1. The Balaban J connectivity index is 1.74. The highest BCUT2D eigenvalue weighted by Gasteiger charge is 2.18. The number of carbonyl (C=O) groups excluding carboxylic acids is 2. The highest BCUT2D eigenvalue weighted by atomic mass is 35.5. The van der Waals surface area contributed by atoms with Crippen LogP contribution in [-0.2, 0) is 9.53 Å².